The van der Waals surface area contributed by atoms with Crippen LogP contribution in [0.15, 0.2) is 23.6 Å². The van der Waals surface area contributed by atoms with Crippen LogP contribution < -0.4 is 10.5 Å². The van der Waals surface area contributed by atoms with Crippen LogP contribution >= 0.6 is 0 Å². The van der Waals surface area contributed by atoms with E-state index in [9.17, 15) is 8.42 Å². The summed E-state index contributed by atoms with van der Waals surface area (Å²) >= 11 is 0. The normalized spacial score (nSPS) is 11.9. The van der Waals surface area contributed by atoms with Crippen molar-refractivity contribution in [3.8, 4) is 0 Å². The fourth-order valence-electron chi connectivity index (χ4n) is 2.08. The highest BCUT2D eigenvalue weighted by Crippen LogP contribution is 2.16. The summed E-state index contributed by atoms with van der Waals surface area (Å²) in [6, 6.07) is 0. The summed E-state index contributed by atoms with van der Waals surface area (Å²) in [6.45, 7) is 2.95. The van der Waals surface area contributed by atoms with Crippen LogP contribution in [-0.2, 0) is 23.1 Å². The largest absolute Gasteiger partial charge is 0.337 e. The summed E-state index contributed by atoms with van der Waals surface area (Å²) in [5, 5.41) is 6.55. The Balaban J connectivity index is 1.85. The zero-order valence-electron chi connectivity index (χ0n) is 11.9. The minimum atomic E-state index is -3.57. The van der Waals surface area contributed by atoms with Gasteiger partial charge < -0.3 is 10.3 Å². The second-order valence-electron chi connectivity index (χ2n) is 4.73. The number of aromatic nitrogens is 4. The van der Waals surface area contributed by atoms with Gasteiger partial charge >= 0.3 is 0 Å². The molecule has 0 spiro atoms. The molecule has 0 radical (unpaired) electrons. The van der Waals surface area contributed by atoms with Crippen molar-refractivity contribution in [3.05, 3.63) is 30.1 Å². The summed E-state index contributed by atoms with van der Waals surface area (Å²) < 4.78 is 29.0. The lowest BCUT2D eigenvalue weighted by atomic mass is 10.3. The summed E-state index contributed by atoms with van der Waals surface area (Å²) in [6.07, 6.45) is 6.96. The van der Waals surface area contributed by atoms with E-state index >= 15 is 0 Å². The van der Waals surface area contributed by atoms with Gasteiger partial charge in [-0.25, -0.2) is 18.1 Å². The van der Waals surface area contributed by atoms with E-state index in [2.05, 4.69) is 19.9 Å². The Hall–Kier alpha value is -1.71. The number of sulfonamides is 1. The molecule has 9 heteroatoms. The predicted molar refractivity (Wildman–Crippen MR) is 77.9 cm³/mol. The van der Waals surface area contributed by atoms with Crippen LogP contribution in [0.1, 0.15) is 24.2 Å². The quantitative estimate of drug-likeness (QED) is 0.599. The van der Waals surface area contributed by atoms with E-state index in [0.717, 1.165) is 19.4 Å². The molecule has 0 atom stereocenters. The van der Waals surface area contributed by atoms with Gasteiger partial charge in [-0.2, -0.15) is 5.10 Å². The SMILES string of the molecule is Cc1[nH]nc(CN)c1S(=O)(=O)NCCCCn1ccnc1. The molecule has 0 fully saturated rings. The molecule has 0 bridgehead atoms. The molecular weight excluding hydrogens is 292 g/mol. The molecule has 2 heterocycles. The van der Waals surface area contributed by atoms with Crippen LogP contribution in [0.3, 0.4) is 0 Å². The van der Waals surface area contributed by atoms with Crippen LogP contribution in [0.2, 0.25) is 0 Å². The van der Waals surface area contributed by atoms with Crippen molar-refractivity contribution in [1.29, 1.82) is 0 Å². The van der Waals surface area contributed by atoms with Crippen LogP contribution in [0.25, 0.3) is 0 Å². The number of unbranched alkanes of at least 4 members (excludes halogenated alkanes) is 1. The lowest BCUT2D eigenvalue weighted by Crippen LogP contribution is -2.26. The molecule has 116 valence electrons. The van der Waals surface area contributed by atoms with Crippen molar-refractivity contribution in [2.24, 2.45) is 5.73 Å². The Labute approximate surface area is 123 Å². The average Bonchev–Trinajstić information content (AvgIpc) is 3.07. The lowest BCUT2D eigenvalue weighted by molar-refractivity contribution is 0.564. The summed E-state index contributed by atoms with van der Waals surface area (Å²) in [7, 11) is -3.57. The van der Waals surface area contributed by atoms with Gasteiger partial charge in [-0.05, 0) is 19.8 Å². The zero-order valence-corrected chi connectivity index (χ0v) is 12.7. The number of hydrogen-bond donors (Lipinski definition) is 3. The highest BCUT2D eigenvalue weighted by atomic mass is 32.2. The molecule has 0 amide bonds. The molecule has 0 aliphatic rings. The number of rotatable bonds is 8. The number of imidazole rings is 1. The predicted octanol–water partition coefficient (Wildman–Crippen LogP) is 0.132. The van der Waals surface area contributed by atoms with Crippen molar-refractivity contribution in [1.82, 2.24) is 24.5 Å². The van der Waals surface area contributed by atoms with Crippen molar-refractivity contribution in [2.75, 3.05) is 6.54 Å². The first-order valence-electron chi connectivity index (χ1n) is 6.74. The minimum absolute atomic E-state index is 0.0845. The van der Waals surface area contributed by atoms with Gasteiger partial charge in [0.1, 0.15) is 4.90 Å². The molecule has 8 nitrogen and oxygen atoms in total. The van der Waals surface area contributed by atoms with E-state index in [1.807, 2.05) is 10.8 Å². The van der Waals surface area contributed by atoms with Gasteiger partial charge in [0.15, 0.2) is 0 Å². The second-order valence-corrected chi connectivity index (χ2v) is 6.44. The van der Waals surface area contributed by atoms with Crippen molar-refractivity contribution < 1.29 is 8.42 Å². The van der Waals surface area contributed by atoms with E-state index in [-0.39, 0.29) is 11.4 Å². The van der Waals surface area contributed by atoms with Crippen LogP contribution in [0.5, 0.6) is 0 Å². The van der Waals surface area contributed by atoms with Gasteiger partial charge in [0.05, 0.1) is 17.7 Å². The maximum absolute atomic E-state index is 12.2. The van der Waals surface area contributed by atoms with Gasteiger partial charge in [-0.3, -0.25) is 5.10 Å². The molecule has 2 aromatic rings. The fourth-order valence-corrected chi connectivity index (χ4v) is 3.53. The van der Waals surface area contributed by atoms with Gasteiger partial charge in [0.25, 0.3) is 0 Å². The lowest BCUT2D eigenvalue weighted by Gasteiger charge is -2.07. The maximum atomic E-state index is 12.2. The molecular formula is C12H20N6O2S. The zero-order chi connectivity index (χ0) is 15.3. The molecule has 0 aromatic carbocycles. The third-order valence-corrected chi connectivity index (χ3v) is 4.78. The number of aryl methyl sites for hydroxylation is 2. The van der Waals surface area contributed by atoms with E-state index in [4.69, 9.17) is 5.73 Å². The minimum Gasteiger partial charge on any atom is -0.337 e. The smallest absolute Gasteiger partial charge is 0.244 e. The number of aromatic amines is 1. The third kappa shape index (κ3) is 3.90. The number of hydrogen-bond acceptors (Lipinski definition) is 5. The number of nitrogens with one attached hydrogen (secondary N) is 2. The molecule has 4 N–H and O–H groups in total. The van der Waals surface area contributed by atoms with Crippen LogP contribution in [0, 0.1) is 6.92 Å². The molecule has 21 heavy (non-hydrogen) atoms. The number of nitrogens with zero attached hydrogens (tertiary/aromatic N) is 3. The summed E-state index contributed by atoms with van der Waals surface area (Å²) in [5.41, 5.74) is 6.37. The Morgan fingerprint density at radius 3 is 2.90 bits per heavy atom. The van der Waals surface area contributed by atoms with Crippen molar-refractivity contribution in [2.45, 2.75) is 37.8 Å². The second kappa shape index (κ2) is 6.83. The van der Waals surface area contributed by atoms with Gasteiger partial charge in [-0.1, -0.05) is 0 Å². The third-order valence-electron chi connectivity index (χ3n) is 3.12. The van der Waals surface area contributed by atoms with Gasteiger partial charge in [0.2, 0.25) is 10.0 Å². The Morgan fingerprint density at radius 2 is 2.24 bits per heavy atom. The molecule has 0 saturated heterocycles. The Kier molecular flexibility index (Phi) is 5.10. The van der Waals surface area contributed by atoms with Gasteiger partial charge in [0, 0.05) is 32.0 Å². The summed E-state index contributed by atoms with van der Waals surface area (Å²) in [4.78, 5) is 4.12. The van der Waals surface area contributed by atoms with Gasteiger partial charge in [-0.15, -0.1) is 0 Å². The first kappa shape index (κ1) is 15.7. The van der Waals surface area contributed by atoms with Crippen molar-refractivity contribution >= 4 is 10.0 Å². The number of H-pyrrole nitrogens is 1. The van der Waals surface area contributed by atoms with E-state index < -0.39 is 10.0 Å². The monoisotopic (exact) mass is 312 g/mol. The molecule has 2 aromatic heterocycles. The van der Waals surface area contributed by atoms with Crippen LogP contribution in [0.4, 0.5) is 0 Å². The summed E-state index contributed by atoms with van der Waals surface area (Å²) in [5.74, 6) is 0. The standard InChI is InChI=1S/C12H20N6O2S/c1-10-12(11(8-13)17-16-10)21(19,20)15-4-2-3-6-18-7-5-14-9-18/h5,7,9,15H,2-4,6,8,13H2,1H3,(H,16,17). The van der Waals surface area contributed by atoms with E-state index in [0.29, 0.717) is 17.9 Å². The molecule has 0 aliphatic heterocycles. The topological polar surface area (TPSA) is 119 Å². The molecule has 2 rings (SSSR count). The molecule has 0 aliphatic carbocycles. The van der Waals surface area contributed by atoms with E-state index in [1.54, 1.807) is 19.4 Å². The van der Waals surface area contributed by atoms with E-state index in [1.165, 1.54) is 0 Å². The Bertz CT molecular complexity index is 662. The highest BCUT2D eigenvalue weighted by molar-refractivity contribution is 7.89. The average molecular weight is 312 g/mol. The first-order valence-corrected chi connectivity index (χ1v) is 8.22. The highest BCUT2D eigenvalue weighted by Gasteiger charge is 2.22. The maximum Gasteiger partial charge on any atom is 0.244 e. The first-order chi connectivity index (χ1) is 10.0. The van der Waals surface area contributed by atoms with Crippen molar-refractivity contribution in [3.63, 3.8) is 0 Å². The fraction of sp³-hybridized carbons (Fsp3) is 0.500. The molecule has 0 unspecified atom stereocenters. The van der Waals surface area contributed by atoms with Crippen LogP contribution in [-0.4, -0.2) is 34.7 Å². The Morgan fingerprint density at radius 1 is 1.43 bits per heavy atom. The molecule has 0 saturated carbocycles. The number of nitrogens with two attached hydrogens (primary N) is 1.